The van der Waals surface area contributed by atoms with E-state index >= 15 is 0 Å². The first-order chi connectivity index (χ1) is 10.7. The van der Waals surface area contributed by atoms with Crippen LogP contribution in [0.4, 0.5) is 0 Å². The van der Waals surface area contributed by atoms with Gasteiger partial charge in [-0.2, -0.15) is 0 Å². The highest BCUT2D eigenvalue weighted by Gasteiger charge is 2.22. The van der Waals surface area contributed by atoms with E-state index in [1.807, 2.05) is 6.92 Å². The number of hydrogen-bond donors (Lipinski definition) is 1. The van der Waals surface area contributed by atoms with Crippen LogP contribution in [0.15, 0.2) is 17.4 Å². The minimum absolute atomic E-state index is 0.120. The van der Waals surface area contributed by atoms with Crippen molar-refractivity contribution in [2.24, 2.45) is 0 Å². The molecule has 0 aliphatic heterocycles. The Bertz CT molecular complexity index is 664. The molecule has 1 fully saturated rings. The lowest BCUT2D eigenvalue weighted by atomic mass is 10.2. The zero-order valence-electron chi connectivity index (χ0n) is 13.0. The van der Waals surface area contributed by atoms with Gasteiger partial charge in [0.25, 0.3) is 0 Å². The zero-order chi connectivity index (χ0) is 15.5. The van der Waals surface area contributed by atoms with E-state index in [0.29, 0.717) is 6.04 Å². The van der Waals surface area contributed by atoms with E-state index in [1.165, 1.54) is 29.5 Å². The first-order valence-electron chi connectivity index (χ1n) is 7.88. The molecule has 1 amide bonds. The SMILES string of the molecule is CCc1cc2c(SC(C)C(=O)NC3CCCC3)ncnc2s1. The Kier molecular flexibility index (Phi) is 4.98. The first kappa shape index (κ1) is 15.7. The summed E-state index contributed by atoms with van der Waals surface area (Å²) in [5, 5.41) is 5.02. The molecular weight excluding hydrogens is 314 g/mol. The number of nitrogens with one attached hydrogen (secondary N) is 1. The monoisotopic (exact) mass is 335 g/mol. The standard InChI is InChI=1S/C16H21N3OS2/c1-3-12-8-13-15(17-9-18-16(13)22-12)21-10(2)14(20)19-11-6-4-5-7-11/h8-11H,3-7H2,1-2H3,(H,19,20). The van der Waals surface area contributed by atoms with Crippen molar-refractivity contribution in [2.75, 3.05) is 0 Å². The van der Waals surface area contributed by atoms with Crippen LogP contribution in [0, 0.1) is 0 Å². The molecule has 1 aliphatic rings. The van der Waals surface area contributed by atoms with Gasteiger partial charge in [0.1, 0.15) is 16.2 Å². The van der Waals surface area contributed by atoms with E-state index in [9.17, 15) is 4.79 Å². The van der Waals surface area contributed by atoms with Crippen molar-refractivity contribution in [1.82, 2.24) is 15.3 Å². The van der Waals surface area contributed by atoms with Crippen molar-refractivity contribution < 1.29 is 4.79 Å². The molecule has 1 unspecified atom stereocenters. The topological polar surface area (TPSA) is 54.9 Å². The molecule has 6 heteroatoms. The van der Waals surface area contributed by atoms with Crippen LogP contribution in [-0.4, -0.2) is 27.2 Å². The summed E-state index contributed by atoms with van der Waals surface area (Å²) >= 11 is 3.24. The van der Waals surface area contributed by atoms with Gasteiger partial charge < -0.3 is 5.32 Å². The van der Waals surface area contributed by atoms with Crippen LogP contribution in [0.2, 0.25) is 0 Å². The van der Waals surface area contributed by atoms with Crippen LogP contribution in [0.3, 0.4) is 0 Å². The Balaban J connectivity index is 1.71. The fourth-order valence-corrected chi connectivity index (χ4v) is 4.66. The van der Waals surface area contributed by atoms with Crippen LogP contribution in [0.25, 0.3) is 10.2 Å². The van der Waals surface area contributed by atoms with Crippen molar-refractivity contribution in [1.29, 1.82) is 0 Å². The van der Waals surface area contributed by atoms with Crippen LogP contribution < -0.4 is 5.32 Å². The lowest BCUT2D eigenvalue weighted by Crippen LogP contribution is -2.37. The molecule has 4 nitrogen and oxygen atoms in total. The summed E-state index contributed by atoms with van der Waals surface area (Å²) in [5.41, 5.74) is 0. The second-order valence-electron chi connectivity index (χ2n) is 5.71. The number of nitrogens with zero attached hydrogens (tertiary/aromatic N) is 2. The third kappa shape index (κ3) is 3.43. The van der Waals surface area contributed by atoms with Gasteiger partial charge in [-0.05, 0) is 32.3 Å². The highest BCUT2D eigenvalue weighted by molar-refractivity contribution is 8.00. The number of amides is 1. The Morgan fingerprint density at radius 2 is 2.23 bits per heavy atom. The van der Waals surface area contributed by atoms with Crippen molar-refractivity contribution >= 4 is 39.2 Å². The van der Waals surface area contributed by atoms with Gasteiger partial charge in [0.15, 0.2) is 0 Å². The number of fused-ring (bicyclic) bond motifs is 1. The Morgan fingerprint density at radius 3 is 2.95 bits per heavy atom. The zero-order valence-corrected chi connectivity index (χ0v) is 14.6. The molecule has 2 heterocycles. The summed E-state index contributed by atoms with van der Waals surface area (Å²) in [6.45, 7) is 4.10. The molecule has 0 aromatic carbocycles. The average molecular weight is 335 g/mol. The maximum Gasteiger partial charge on any atom is 0.233 e. The molecule has 0 saturated heterocycles. The number of thiophene rings is 1. The number of aryl methyl sites for hydroxylation is 1. The Morgan fingerprint density at radius 1 is 1.45 bits per heavy atom. The summed E-state index contributed by atoms with van der Waals surface area (Å²) in [4.78, 5) is 23.4. The van der Waals surface area contributed by atoms with Gasteiger partial charge in [-0.1, -0.05) is 31.5 Å². The van der Waals surface area contributed by atoms with Gasteiger partial charge in [0.2, 0.25) is 5.91 Å². The fraction of sp³-hybridized carbons (Fsp3) is 0.562. The quantitative estimate of drug-likeness (QED) is 0.667. The van der Waals surface area contributed by atoms with E-state index in [4.69, 9.17) is 0 Å². The second-order valence-corrected chi connectivity index (χ2v) is 8.16. The minimum Gasteiger partial charge on any atom is -0.352 e. The van der Waals surface area contributed by atoms with Gasteiger partial charge in [-0.15, -0.1) is 11.3 Å². The number of thioether (sulfide) groups is 1. The van der Waals surface area contributed by atoms with E-state index < -0.39 is 0 Å². The third-order valence-electron chi connectivity index (χ3n) is 4.05. The van der Waals surface area contributed by atoms with Crippen molar-refractivity contribution in [3.63, 3.8) is 0 Å². The molecule has 3 rings (SSSR count). The maximum absolute atomic E-state index is 12.3. The molecule has 22 heavy (non-hydrogen) atoms. The predicted molar refractivity (Wildman–Crippen MR) is 92.5 cm³/mol. The van der Waals surface area contributed by atoms with E-state index in [0.717, 1.165) is 34.5 Å². The molecule has 2 aromatic rings. The smallest absolute Gasteiger partial charge is 0.233 e. The second kappa shape index (κ2) is 6.96. The first-order valence-corrected chi connectivity index (χ1v) is 9.57. The van der Waals surface area contributed by atoms with Crippen molar-refractivity contribution in [3.05, 3.63) is 17.3 Å². The number of rotatable bonds is 5. The molecule has 0 bridgehead atoms. The third-order valence-corrected chi connectivity index (χ3v) is 6.36. The van der Waals surface area contributed by atoms with Gasteiger partial charge in [0, 0.05) is 16.3 Å². The molecule has 2 aromatic heterocycles. The van der Waals surface area contributed by atoms with Crippen molar-refractivity contribution in [3.8, 4) is 0 Å². The fourth-order valence-electron chi connectivity index (χ4n) is 2.76. The van der Waals surface area contributed by atoms with Gasteiger partial charge in [-0.3, -0.25) is 4.79 Å². The molecule has 1 atom stereocenters. The summed E-state index contributed by atoms with van der Waals surface area (Å²) in [7, 11) is 0. The molecule has 0 radical (unpaired) electrons. The lowest BCUT2D eigenvalue weighted by Gasteiger charge is -2.16. The summed E-state index contributed by atoms with van der Waals surface area (Å²) in [6.07, 6.45) is 7.29. The summed E-state index contributed by atoms with van der Waals surface area (Å²) < 4.78 is 0. The van der Waals surface area contributed by atoms with Gasteiger partial charge in [0.05, 0.1) is 5.25 Å². The van der Waals surface area contributed by atoms with Gasteiger partial charge in [-0.25, -0.2) is 9.97 Å². The van der Waals surface area contributed by atoms with Crippen LogP contribution in [-0.2, 0) is 11.2 Å². The Labute approximate surface area is 139 Å². The number of aromatic nitrogens is 2. The largest absolute Gasteiger partial charge is 0.352 e. The highest BCUT2D eigenvalue weighted by Crippen LogP contribution is 2.33. The Hall–Kier alpha value is -1.14. The molecule has 0 spiro atoms. The predicted octanol–water partition coefficient (Wildman–Crippen LogP) is 3.79. The van der Waals surface area contributed by atoms with E-state index in [-0.39, 0.29) is 11.2 Å². The molecular formula is C16H21N3OS2. The molecule has 1 N–H and O–H groups in total. The van der Waals surface area contributed by atoms with E-state index in [1.54, 1.807) is 17.7 Å². The minimum atomic E-state index is -0.135. The molecule has 118 valence electrons. The average Bonchev–Trinajstić information content (AvgIpc) is 3.16. The number of hydrogen-bond acceptors (Lipinski definition) is 5. The van der Waals surface area contributed by atoms with Crippen LogP contribution in [0.5, 0.6) is 0 Å². The van der Waals surface area contributed by atoms with Crippen LogP contribution in [0.1, 0.15) is 44.4 Å². The molecule has 1 aliphatic carbocycles. The summed E-state index contributed by atoms with van der Waals surface area (Å²) in [5.74, 6) is 0.120. The van der Waals surface area contributed by atoms with Crippen molar-refractivity contribution in [2.45, 2.75) is 62.3 Å². The van der Waals surface area contributed by atoms with Crippen LogP contribution >= 0.6 is 23.1 Å². The summed E-state index contributed by atoms with van der Waals surface area (Å²) in [6, 6.07) is 2.53. The highest BCUT2D eigenvalue weighted by atomic mass is 32.2. The number of carbonyl (C=O) groups excluding carboxylic acids is 1. The van der Waals surface area contributed by atoms with E-state index in [2.05, 4.69) is 28.3 Å². The maximum atomic E-state index is 12.3. The number of carbonyl (C=O) groups is 1. The normalized spacial score (nSPS) is 17.0. The van der Waals surface area contributed by atoms with Gasteiger partial charge >= 0.3 is 0 Å². The lowest BCUT2D eigenvalue weighted by molar-refractivity contribution is -0.120. The molecule has 1 saturated carbocycles.